The number of benzene rings is 2. The maximum absolute atomic E-state index is 12.2. The highest BCUT2D eigenvalue weighted by atomic mass is 35.5. The summed E-state index contributed by atoms with van der Waals surface area (Å²) < 4.78 is 58.3. The molecule has 0 spiro atoms. The molecule has 1 unspecified atom stereocenters. The molecule has 0 amide bonds. The van der Waals surface area contributed by atoms with Crippen molar-refractivity contribution < 1.29 is 36.9 Å². The molecule has 31 heavy (non-hydrogen) atoms. The molecule has 2 aromatic carbocycles. The van der Waals surface area contributed by atoms with Gasteiger partial charge in [-0.1, -0.05) is 17.7 Å². The van der Waals surface area contributed by atoms with E-state index in [1.807, 2.05) is 12.1 Å². The zero-order valence-electron chi connectivity index (χ0n) is 16.8. The van der Waals surface area contributed by atoms with Crippen LogP contribution in [0.4, 0.5) is 13.2 Å². The summed E-state index contributed by atoms with van der Waals surface area (Å²) in [5, 5.41) is 0.158. The molecule has 3 rings (SSSR count). The van der Waals surface area contributed by atoms with Crippen molar-refractivity contribution in [2.75, 3.05) is 19.8 Å². The molecule has 1 heterocycles. The molecule has 0 saturated heterocycles. The minimum absolute atomic E-state index is 0.0123. The number of rotatable bonds is 9. The molecule has 1 aliphatic rings. The largest absolute Gasteiger partial charge is 0.493 e. The van der Waals surface area contributed by atoms with Crippen LogP contribution in [0.1, 0.15) is 25.3 Å². The molecule has 0 radical (unpaired) electrons. The number of carbonyl (C=O) groups is 1. The highest BCUT2D eigenvalue weighted by Crippen LogP contribution is 2.35. The van der Waals surface area contributed by atoms with Crippen LogP contribution in [0.5, 0.6) is 23.0 Å². The summed E-state index contributed by atoms with van der Waals surface area (Å²) >= 11 is 6.03. The Kier molecular flexibility index (Phi) is 7.20. The third-order valence-corrected chi connectivity index (χ3v) is 4.94. The van der Waals surface area contributed by atoms with Gasteiger partial charge in [0, 0.05) is 18.6 Å². The first-order chi connectivity index (χ1) is 14.7. The number of halogens is 4. The number of fused-ring (bicyclic) bond motifs is 1. The van der Waals surface area contributed by atoms with Crippen molar-refractivity contribution in [2.45, 2.75) is 38.0 Å². The molecule has 2 aromatic rings. The van der Waals surface area contributed by atoms with Crippen molar-refractivity contribution in [3.8, 4) is 23.0 Å². The normalized spacial score (nSPS) is 18.0. The van der Waals surface area contributed by atoms with E-state index in [-0.39, 0.29) is 10.8 Å². The summed E-state index contributed by atoms with van der Waals surface area (Å²) in [5.41, 5.74) is 0.221. The van der Waals surface area contributed by atoms with Gasteiger partial charge in [0.05, 0.1) is 18.2 Å². The summed E-state index contributed by atoms with van der Waals surface area (Å²) in [6.45, 7) is 1.04. The zero-order chi connectivity index (χ0) is 22.5. The highest BCUT2D eigenvalue weighted by Gasteiger charge is 2.31. The number of ether oxygens (including phenoxy) is 4. The first-order valence-electron chi connectivity index (χ1n) is 9.70. The van der Waals surface area contributed by atoms with Crippen LogP contribution < -0.4 is 18.9 Å². The quantitative estimate of drug-likeness (QED) is 0.371. The molecule has 5 nitrogen and oxygen atoms in total. The minimum atomic E-state index is -4.42. The lowest BCUT2D eigenvalue weighted by Crippen LogP contribution is -2.37. The van der Waals surface area contributed by atoms with Crippen molar-refractivity contribution in [3.63, 3.8) is 0 Å². The number of carbonyl (C=O) groups excluding carboxylic acids is 1. The fraction of sp³-hybridized carbons (Fsp3) is 0.409. The van der Waals surface area contributed by atoms with Crippen LogP contribution in [-0.4, -0.2) is 37.9 Å². The Morgan fingerprint density at radius 1 is 1.10 bits per heavy atom. The van der Waals surface area contributed by atoms with Gasteiger partial charge in [0.15, 0.2) is 18.5 Å². The number of aryl methyl sites for hydroxylation is 1. The van der Waals surface area contributed by atoms with Gasteiger partial charge in [-0.2, -0.15) is 13.2 Å². The van der Waals surface area contributed by atoms with Crippen molar-refractivity contribution in [3.05, 3.63) is 47.0 Å². The number of aldehydes is 1. The Hall–Kier alpha value is -2.61. The SMILES string of the molecule is CC1(C=O)CCc2ccc(OCCCOc3ccc(OCC(F)(F)F)cc3Cl)cc2O1. The highest BCUT2D eigenvalue weighted by molar-refractivity contribution is 6.32. The summed E-state index contributed by atoms with van der Waals surface area (Å²) in [7, 11) is 0. The van der Waals surface area contributed by atoms with Crippen molar-refractivity contribution in [2.24, 2.45) is 0 Å². The van der Waals surface area contributed by atoms with Gasteiger partial charge >= 0.3 is 6.18 Å². The molecule has 1 aliphatic heterocycles. The van der Waals surface area contributed by atoms with Gasteiger partial charge in [0.1, 0.15) is 23.0 Å². The molecule has 0 N–H and O–H groups in total. The van der Waals surface area contributed by atoms with E-state index in [1.165, 1.54) is 18.2 Å². The molecule has 0 saturated carbocycles. The van der Waals surface area contributed by atoms with E-state index >= 15 is 0 Å². The average Bonchev–Trinajstić information content (AvgIpc) is 2.72. The molecular formula is C22H22ClF3O5. The van der Waals surface area contributed by atoms with Crippen LogP contribution in [0.3, 0.4) is 0 Å². The van der Waals surface area contributed by atoms with Crippen molar-refractivity contribution >= 4 is 17.9 Å². The smallest absolute Gasteiger partial charge is 0.422 e. The fourth-order valence-electron chi connectivity index (χ4n) is 2.98. The van der Waals surface area contributed by atoms with Gasteiger partial charge in [0.2, 0.25) is 0 Å². The van der Waals surface area contributed by atoms with Crippen LogP contribution in [0.15, 0.2) is 36.4 Å². The van der Waals surface area contributed by atoms with E-state index in [1.54, 1.807) is 13.0 Å². The maximum atomic E-state index is 12.2. The Morgan fingerprint density at radius 3 is 2.52 bits per heavy atom. The molecule has 9 heteroatoms. The Labute approximate surface area is 183 Å². The molecule has 0 aromatic heterocycles. The lowest BCUT2D eigenvalue weighted by molar-refractivity contribution is -0.153. The Balaban J connectivity index is 1.44. The minimum Gasteiger partial charge on any atom is -0.493 e. The first kappa shape index (κ1) is 23.1. The lowest BCUT2D eigenvalue weighted by Gasteiger charge is -2.31. The van der Waals surface area contributed by atoms with Crippen LogP contribution in [0.25, 0.3) is 0 Å². The van der Waals surface area contributed by atoms with E-state index in [9.17, 15) is 18.0 Å². The van der Waals surface area contributed by atoms with E-state index in [4.69, 9.17) is 25.8 Å². The van der Waals surface area contributed by atoms with Crippen LogP contribution in [-0.2, 0) is 11.2 Å². The Bertz CT molecular complexity index is 919. The van der Waals surface area contributed by atoms with Gasteiger partial charge in [0.25, 0.3) is 0 Å². The Morgan fingerprint density at radius 2 is 1.81 bits per heavy atom. The zero-order valence-corrected chi connectivity index (χ0v) is 17.6. The summed E-state index contributed by atoms with van der Waals surface area (Å²) in [6.07, 6.45) is -1.65. The van der Waals surface area contributed by atoms with Crippen molar-refractivity contribution in [1.82, 2.24) is 0 Å². The predicted molar refractivity (Wildman–Crippen MR) is 108 cm³/mol. The van der Waals surface area contributed by atoms with Gasteiger partial charge in [-0.15, -0.1) is 0 Å². The summed E-state index contributed by atoms with van der Waals surface area (Å²) in [4.78, 5) is 11.2. The second-order valence-electron chi connectivity index (χ2n) is 7.35. The molecule has 168 valence electrons. The number of hydrogen-bond acceptors (Lipinski definition) is 5. The van der Waals surface area contributed by atoms with Gasteiger partial charge in [-0.3, -0.25) is 4.79 Å². The van der Waals surface area contributed by atoms with Gasteiger partial charge in [-0.05, 0) is 43.5 Å². The topological polar surface area (TPSA) is 54.0 Å². The third kappa shape index (κ3) is 6.69. The molecule has 1 atom stereocenters. The molecule has 0 fully saturated rings. The molecule has 0 aliphatic carbocycles. The number of alkyl halides is 3. The van der Waals surface area contributed by atoms with Gasteiger partial charge in [-0.25, -0.2) is 0 Å². The van der Waals surface area contributed by atoms with Crippen LogP contribution in [0.2, 0.25) is 5.02 Å². The second-order valence-corrected chi connectivity index (χ2v) is 7.76. The second kappa shape index (κ2) is 9.68. The van der Waals surface area contributed by atoms with Crippen LogP contribution in [0, 0.1) is 0 Å². The molecular weight excluding hydrogens is 437 g/mol. The van der Waals surface area contributed by atoms with Crippen LogP contribution >= 0.6 is 11.6 Å². The number of hydrogen-bond donors (Lipinski definition) is 0. The van der Waals surface area contributed by atoms with E-state index in [2.05, 4.69) is 4.74 Å². The van der Waals surface area contributed by atoms with E-state index in [0.717, 1.165) is 18.3 Å². The van der Waals surface area contributed by atoms with E-state index in [0.29, 0.717) is 43.3 Å². The predicted octanol–water partition coefficient (Wildman–Crippen LogP) is 5.41. The first-order valence-corrected chi connectivity index (χ1v) is 10.1. The average molecular weight is 459 g/mol. The van der Waals surface area contributed by atoms with E-state index < -0.39 is 18.4 Å². The standard InChI is InChI=1S/C22H22ClF3O5/c1-21(13-27)8-7-15-3-4-17(12-20(15)31-21)28-9-2-10-29-19-6-5-16(11-18(19)23)30-14-22(24,25)26/h3-6,11-13H,2,7-10,14H2,1H3. The fourth-order valence-corrected chi connectivity index (χ4v) is 3.20. The van der Waals surface area contributed by atoms with Gasteiger partial charge < -0.3 is 18.9 Å². The summed E-state index contributed by atoms with van der Waals surface area (Å²) in [5.74, 6) is 1.63. The monoisotopic (exact) mass is 458 g/mol. The third-order valence-electron chi connectivity index (χ3n) is 4.64. The maximum Gasteiger partial charge on any atom is 0.422 e. The molecule has 0 bridgehead atoms. The summed E-state index contributed by atoms with van der Waals surface area (Å²) in [6, 6.07) is 9.65. The van der Waals surface area contributed by atoms with Crippen molar-refractivity contribution in [1.29, 1.82) is 0 Å². The lowest BCUT2D eigenvalue weighted by atomic mass is 9.94.